The van der Waals surface area contributed by atoms with Crippen LogP contribution >= 0.6 is 11.6 Å². The molecule has 1 aliphatic heterocycles. The van der Waals surface area contributed by atoms with Crippen LogP contribution in [-0.2, 0) is 13.0 Å². The average molecular weight is 346 g/mol. The summed E-state index contributed by atoms with van der Waals surface area (Å²) in [6.07, 6.45) is 0.865. The highest BCUT2D eigenvalue weighted by Gasteiger charge is 2.23. The van der Waals surface area contributed by atoms with Crippen LogP contribution in [0.3, 0.4) is 0 Å². The Balaban J connectivity index is 1.87. The zero-order chi connectivity index (χ0) is 17.1. The number of ether oxygens (including phenoxy) is 2. The molecule has 2 aromatic carbocycles. The van der Waals surface area contributed by atoms with Crippen molar-refractivity contribution in [3.8, 4) is 11.5 Å². The maximum absolute atomic E-state index is 12.9. The number of halogens is 1. The van der Waals surface area contributed by atoms with Crippen LogP contribution in [0.1, 0.15) is 28.4 Å². The molecule has 0 aromatic heterocycles. The van der Waals surface area contributed by atoms with Gasteiger partial charge in [-0.2, -0.15) is 0 Å². The molecule has 4 nitrogen and oxygen atoms in total. The van der Waals surface area contributed by atoms with Crippen LogP contribution in [0.4, 0.5) is 0 Å². The number of carbonyl (C=O) groups is 1. The molecule has 1 aliphatic rings. The fourth-order valence-electron chi connectivity index (χ4n) is 2.98. The lowest BCUT2D eigenvalue weighted by Gasteiger charge is -2.29. The fourth-order valence-corrected chi connectivity index (χ4v) is 3.24. The van der Waals surface area contributed by atoms with E-state index in [2.05, 4.69) is 12.1 Å². The molecule has 3 rings (SSSR count). The summed E-state index contributed by atoms with van der Waals surface area (Å²) < 4.78 is 10.8. The van der Waals surface area contributed by atoms with Gasteiger partial charge in [-0.1, -0.05) is 35.9 Å². The van der Waals surface area contributed by atoms with E-state index >= 15 is 0 Å². The predicted molar refractivity (Wildman–Crippen MR) is 94.1 cm³/mol. The zero-order valence-electron chi connectivity index (χ0n) is 13.8. The van der Waals surface area contributed by atoms with Crippen molar-refractivity contribution in [2.75, 3.05) is 20.3 Å². The molecule has 0 aliphatic carbocycles. The van der Waals surface area contributed by atoms with Gasteiger partial charge in [0, 0.05) is 18.7 Å². The van der Waals surface area contributed by atoms with Crippen LogP contribution in [0.25, 0.3) is 0 Å². The van der Waals surface area contributed by atoms with E-state index in [9.17, 15) is 4.79 Å². The van der Waals surface area contributed by atoms with Crippen molar-refractivity contribution >= 4 is 17.5 Å². The van der Waals surface area contributed by atoms with Crippen LogP contribution in [0.15, 0.2) is 36.4 Å². The Morgan fingerprint density at radius 1 is 1.25 bits per heavy atom. The van der Waals surface area contributed by atoms with Gasteiger partial charge in [0.25, 0.3) is 5.91 Å². The molecule has 5 heteroatoms. The molecule has 2 aromatic rings. The number of carbonyl (C=O) groups excluding carboxylic acids is 1. The Morgan fingerprint density at radius 2 is 2.00 bits per heavy atom. The van der Waals surface area contributed by atoms with Crippen LogP contribution in [0.5, 0.6) is 11.5 Å². The van der Waals surface area contributed by atoms with Gasteiger partial charge in [-0.15, -0.1) is 0 Å². The van der Waals surface area contributed by atoms with E-state index in [4.69, 9.17) is 21.1 Å². The molecule has 0 saturated carbocycles. The first-order chi connectivity index (χ1) is 11.6. The highest BCUT2D eigenvalue weighted by molar-refractivity contribution is 6.32. The summed E-state index contributed by atoms with van der Waals surface area (Å²) in [6, 6.07) is 11.6. The largest absolute Gasteiger partial charge is 0.493 e. The second-order valence-electron chi connectivity index (χ2n) is 5.67. The van der Waals surface area contributed by atoms with Crippen molar-refractivity contribution < 1.29 is 14.3 Å². The smallest absolute Gasteiger partial charge is 0.254 e. The molecule has 0 unspecified atom stereocenters. The molecule has 1 heterocycles. The molecule has 0 radical (unpaired) electrons. The van der Waals surface area contributed by atoms with Gasteiger partial charge in [-0.25, -0.2) is 0 Å². The van der Waals surface area contributed by atoms with Gasteiger partial charge in [-0.3, -0.25) is 4.79 Å². The van der Waals surface area contributed by atoms with Crippen LogP contribution in [-0.4, -0.2) is 31.1 Å². The van der Waals surface area contributed by atoms with E-state index in [1.807, 2.05) is 24.0 Å². The molecule has 24 heavy (non-hydrogen) atoms. The number of hydrogen-bond acceptors (Lipinski definition) is 3. The molecule has 1 amide bonds. The van der Waals surface area contributed by atoms with Crippen molar-refractivity contribution in [2.24, 2.45) is 0 Å². The van der Waals surface area contributed by atoms with Gasteiger partial charge in [0.1, 0.15) is 0 Å². The van der Waals surface area contributed by atoms with Gasteiger partial charge in [0.15, 0.2) is 11.5 Å². The van der Waals surface area contributed by atoms with Crippen molar-refractivity contribution in [3.63, 3.8) is 0 Å². The normalized spacial score (nSPS) is 13.4. The van der Waals surface area contributed by atoms with Crippen LogP contribution in [0, 0.1) is 0 Å². The second kappa shape index (κ2) is 7.14. The number of fused-ring (bicyclic) bond motifs is 1. The van der Waals surface area contributed by atoms with E-state index in [1.54, 1.807) is 19.2 Å². The first-order valence-corrected chi connectivity index (χ1v) is 8.38. The summed E-state index contributed by atoms with van der Waals surface area (Å²) in [6.45, 7) is 3.66. The number of nitrogens with zero attached hydrogens (tertiary/aromatic N) is 1. The summed E-state index contributed by atoms with van der Waals surface area (Å²) in [4.78, 5) is 14.7. The quantitative estimate of drug-likeness (QED) is 0.842. The Labute approximate surface area is 146 Å². The minimum absolute atomic E-state index is 0.0484. The zero-order valence-corrected chi connectivity index (χ0v) is 14.6. The lowest BCUT2D eigenvalue weighted by molar-refractivity contribution is 0.0734. The lowest BCUT2D eigenvalue weighted by atomic mass is 9.99. The second-order valence-corrected chi connectivity index (χ2v) is 6.08. The fraction of sp³-hybridized carbons (Fsp3) is 0.316. The SMILES string of the molecule is CCOc1c(Cl)cc(C(=O)N2CCc3ccccc3C2)cc1OC. The maximum atomic E-state index is 12.9. The van der Waals surface area contributed by atoms with Gasteiger partial charge < -0.3 is 14.4 Å². The monoisotopic (exact) mass is 345 g/mol. The maximum Gasteiger partial charge on any atom is 0.254 e. The number of amides is 1. The van der Waals surface area contributed by atoms with Gasteiger partial charge >= 0.3 is 0 Å². The Kier molecular flexibility index (Phi) is 4.95. The Hall–Kier alpha value is -2.20. The van der Waals surface area contributed by atoms with E-state index in [0.717, 1.165) is 6.42 Å². The van der Waals surface area contributed by atoms with Crippen molar-refractivity contribution in [1.82, 2.24) is 4.90 Å². The minimum Gasteiger partial charge on any atom is -0.493 e. The highest BCUT2D eigenvalue weighted by atomic mass is 35.5. The molecular weight excluding hydrogens is 326 g/mol. The van der Waals surface area contributed by atoms with E-state index in [-0.39, 0.29) is 5.91 Å². The first kappa shape index (κ1) is 16.7. The predicted octanol–water partition coefficient (Wildman–Crippen LogP) is 3.95. The summed E-state index contributed by atoms with van der Waals surface area (Å²) in [7, 11) is 1.54. The molecule has 0 fully saturated rings. The lowest BCUT2D eigenvalue weighted by Crippen LogP contribution is -2.35. The standard InChI is InChI=1S/C19H20ClNO3/c1-3-24-18-16(20)10-15(11-17(18)23-2)19(22)21-9-8-13-6-4-5-7-14(13)12-21/h4-7,10-11H,3,8-9,12H2,1-2H3. The van der Waals surface area contributed by atoms with E-state index < -0.39 is 0 Å². The van der Waals surface area contributed by atoms with E-state index in [0.29, 0.717) is 41.8 Å². The number of hydrogen-bond donors (Lipinski definition) is 0. The molecule has 0 atom stereocenters. The number of methoxy groups -OCH3 is 1. The molecule has 126 valence electrons. The molecule has 0 saturated heterocycles. The number of benzene rings is 2. The third-order valence-electron chi connectivity index (χ3n) is 4.18. The summed E-state index contributed by atoms with van der Waals surface area (Å²) in [5.41, 5.74) is 3.02. The summed E-state index contributed by atoms with van der Waals surface area (Å²) >= 11 is 6.28. The molecule has 0 spiro atoms. The van der Waals surface area contributed by atoms with Crippen molar-refractivity contribution in [2.45, 2.75) is 19.9 Å². The van der Waals surface area contributed by atoms with Crippen molar-refractivity contribution in [1.29, 1.82) is 0 Å². The number of rotatable bonds is 4. The van der Waals surface area contributed by atoms with Crippen molar-refractivity contribution in [3.05, 3.63) is 58.1 Å². The molecule has 0 N–H and O–H groups in total. The molecular formula is C19H20ClNO3. The Bertz CT molecular complexity index is 760. The average Bonchev–Trinajstić information content (AvgIpc) is 2.62. The topological polar surface area (TPSA) is 38.8 Å². The molecule has 0 bridgehead atoms. The van der Waals surface area contributed by atoms with Crippen LogP contribution < -0.4 is 9.47 Å². The van der Waals surface area contributed by atoms with Gasteiger partial charge in [-0.05, 0) is 36.6 Å². The van der Waals surface area contributed by atoms with Crippen LogP contribution in [0.2, 0.25) is 5.02 Å². The highest BCUT2D eigenvalue weighted by Crippen LogP contribution is 2.37. The third kappa shape index (κ3) is 3.20. The Morgan fingerprint density at radius 3 is 2.71 bits per heavy atom. The minimum atomic E-state index is -0.0484. The van der Waals surface area contributed by atoms with Gasteiger partial charge in [0.05, 0.1) is 18.7 Å². The first-order valence-electron chi connectivity index (χ1n) is 8.00. The van der Waals surface area contributed by atoms with E-state index in [1.165, 1.54) is 11.1 Å². The third-order valence-corrected chi connectivity index (χ3v) is 4.46. The summed E-state index contributed by atoms with van der Waals surface area (Å²) in [5, 5.41) is 0.386. The van der Waals surface area contributed by atoms with Gasteiger partial charge in [0.2, 0.25) is 0 Å². The summed E-state index contributed by atoms with van der Waals surface area (Å²) in [5.74, 6) is 0.903.